The summed E-state index contributed by atoms with van der Waals surface area (Å²) in [6.45, 7) is 8.26. The molecule has 11 nitrogen and oxygen atoms in total. The van der Waals surface area contributed by atoms with Gasteiger partial charge in [0.15, 0.2) is 12.1 Å². The second kappa shape index (κ2) is 16.0. The topological polar surface area (TPSA) is 163 Å². The number of likely N-dealkylation sites (N-methyl/N-ethyl adjacent to an activating group) is 1. The van der Waals surface area contributed by atoms with Gasteiger partial charge in [-0.3, -0.25) is 9.59 Å². The van der Waals surface area contributed by atoms with Crippen molar-refractivity contribution in [2.75, 3.05) is 20.7 Å². The summed E-state index contributed by atoms with van der Waals surface area (Å²) < 4.78 is 17.6. The van der Waals surface area contributed by atoms with E-state index >= 15 is 0 Å². The first kappa shape index (κ1) is 35.2. The van der Waals surface area contributed by atoms with Gasteiger partial charge in [-0.25, -0.2) is 0 Å². The molecule has 12 atom stereocenters. The van der Waals surface area contributed by atoms with E-state index in [1.54, 1.807) is 58.8 Å². The monoisotopic (exact) mass is 583 g/mol. The summed E-state index contributed by atoms with van der Waals surface area (Å²) in [5, 5.41) is 42.7. The van der Waals surface area contributed by atoms with E-state index in [4.69, 9.17) is 14.2 Å². The van der Waals surface area contributed by atoms with Crippen molar-refractivity contribution in [2.45, 2.75) is 103 Å². The fraction of sp³-hybridized carbons (Fsp3) is 0.767. The molecule has 0 spiro atoms. The van der Waals surface area contributed by atoms with Crippen LogP contribution in [0.2, 0.25) is 0 Å². The van der Waals surface area contributed by atoms with E-state index in [-0.39, 0.29) is 18.8 Å². The predicted octanol–water partition coefficient (Wildman–Crippen LogP) is 1.01. The average molecular weight is 584 g/mol. The smallest absolute Gasteiger partial charge is 0.308 e. The first-order valence-electron chi connectivity index (χ1n) is 14.4. The van der Waals surface area contributed by atoms with Crippen LogP contribution < -0.4 is 0 Å². The molecule has 41 heavy (non-hydrogen) atoms. The average Bonchev–Trinajstić information content (AvgIpc) is 2.92. The van der Waals surface area contributed by atoms with Gasteiger partial charge in [0.25, 0.3) is 0 Å². The number of rotatable bonds is 6. The summed E-state index contributed by atoms with van der Waals surface area (Å²) in [4.78, 5) is 40.0. The Hall–Kier alpha value is -1.99. The third-order valence-electron chi connectivity index (χ3n) is 8.27. The van der Waals surface area contributed by atoms with Gasteiger partial charge in [-0.15, -0.1) is 0 Å². The fourth-order valence-electron chi connectivity index (χ4n) is 5.61. The van der Waals surface area contributed by atoms with E-state index in [9.17, 15) is 34.8 Å². The zero-order chi connectivity index (χ0) is 31.0. The molecule has 4 N–H and O–H groups in total. The standard InChI is InChI=1S/C30H49NO10/c1-8-24-20(14-32)11-16(2)9-10-22(34)17(3)12-21(15-33)29(18(4)23(35)13-25(36)40-24)41-30-28(38)26(31(6)7)27(37)19(5)39-30/h9-11,15,17-21,23-24,26-30,32,35,37-38H,8,12-14H2,1-7H3/b10-9-,16-11+/t17-,18+,19-,20-,21?,23-,24-,26+,27-,28-,29-,30+/m1/s1. The summed E-state index contributed by atoms with van der Waals surface area (Å²) in [5.41, 5.74) is 0.697. The molecule has 1 fully saturated rings. The maximum absolute atomic E-state index is 13.0. The summed E-state index contributed by atoms with van der Waals surface area (Å²) in [6, 6.07) is -0.729. The Kier molecular flexibility index (Phi) is 13.8. The van der Waals surface area contributed by atoms with Crippen LogP contribution in [0.1, 0.15) is 53.9 Å². The lowest BCUT2D eigenvalue weighted by Gasteiger charge is -2.46. The van der Waals surface area contributed by atoms with Gasteiger partial charge in [0.2, 0.25) is 0 Å². The maximum atomic E-state index is 13.0. The molecule has 0 bridgehead atoms. The van der Waals surface area contributed by atoms with Crippen LogP contribution in [0, 0.1) is 23.7 Å². The van der Waals surface area contributed by atoms with Gasteiger partial charge in [0.1, 0.15) is 18.5 Å². The molecular formula is C30H49NO10. The third-order valence-corrected chi connectivity index (χ3v) is 8.27. The Morgan fingerprint density at radius 3 is 2.32 bits per heavy atom. The fourth-order valence-corrected chi connectivity index (χ4v) is 5.61. The molecule has 0 saturated carbocycles. The largest absolute Gasteiger partial charge is 0.462 e. The van der Waals surface area contributed by atoms with Crippen molar-refractivity contribution < 1.29 is 49.0 Å². The van der Waals surface area contributed by atoms with Crippen molar-refractivity contribution in [3.8, 4) is 0 Å². The van der Waals surface area contributed by atoms with Crippen LogP contribution in [0.4, 0.5) is 0 Å². The van der Waals surface area contributed by atoms with E-state index in [0.717, 1.165) is 0 Å². The number of ether oxygens (including phenoxy) is 3. The van der Waals surface area contributed by atoms with Gasteiger partial charge in [-0.05, 0) is 46.9 Å². The minimum Gasteiger partial charge on any atom is -0.462 e. The highest BCUT2D eigenvalue weighted by molar-refractivity contribution is 5.92. The zero-order valence-corrected chi connectivity index (χ0v) is 25.3. The highest BCUT2D eigenvalue weighted by atomic mass is 16.7. The first-order valence-corrected chi connectivity index (χ1v) is 14.4. The molecule has 0 aromatic rings. The SMILES string of the molecule is CC[C@H]1OC(=O)C[C@@H](O)[C@H](C)[C@@H](O[C@@H]2O[C@H](C)[C@@H](O)[C@H](N(C)C)[C@H]2O)C(C=O)C[C@@H](C)C(=O)/C=C\C(C)=C\[C@@H]1CO. The molecule has 234 valence electrons. The first-order chi connectivity index (χ1) is 19.2. The van der Waals surface area contributed by atoms with Gasteiger partial charge in [-0.2, -0.15) is 0 Å². The van der Waals surface area contributed by atoms with Crippen molar-refractivity contribution in [3.05, 3.63) is 23.8 Å². The van der Waals surface area contributed by atoms with Crippen molar-refractivity contribution >= 4 is 18.0 Å². The Morgan fingerprint density at radius 1 is 1.10 bits per heavy atom. The summed E-state index contributed by atoms with van der Waals surface area (Å²) in [7, 11) is 3.40. The van der Waals surface area contributed by atoms with Gasteiger partial charge in [0.05, 0.1) is 43.5 Å². The lowest BCUT2D eigenvalue weighted by Crippen LogP contribution is -2.63. The number of cyclic esters (lactones) is 1. The summed E-state index contributed by atoms with van der Waals surface area (Å²) in [5.74, 6) is -3.72. The number of allylic oxidation sites excluding steroid dienone is 3. The predicted molar refractivity (Wildman–Crippen MR) is 150 cm³/mol. The normalized spacial score (nSPS) is 42.3. The Bertz CT molecular complexity index is 936. The van der Waals surface area contributed by atoms with Crippen molar-refractivity contribution in [3.63, 3.8) is 0 Å². The Balaban J connectivity index is 2.48. The number of carbonyl (C=O) groups is 3. The summed E-state index contributed by atoms with van der Waals surface area (Å²) >= 11 is 0. The van der Waals surface area contributed by atoms with E-state index in [1.807, 2.05) is 6.92 Å². The minimum atomic E-state index is -1.30. The molecule has 0 aromatic heterocycles. The lowest BCUT2D eigenvalue weighted by atomic mass is 9.81. The van der Waals surface area contributed by atoms with E-state index < -0.39 is 85.0 Å². The van der Waals surface area contributed by atoms with Crippen molar-refractivity contribution in [1.29, 1.82) is 0 Å². The van der Waals surface area contributed by atoms with E-state index in [2.05, 4.69) is 0 Å². The Labute approximate surface area is 243 Å². The molecule has 2 rings (SSSR count). The molecule has 0 aromatic carbocycles. The molecule has 0 radical (unpaired) electrons. The summed E-state index contributed by atoms with van der Waals surface area (Å²) in [6.07, 6.45) is -1.74. The van der Waals surface area contributed by atoms with Crippen LogP contribution in [-0.4, -0.2) is 113 Å². The van der Waals surface area contributed by atoms with Crippen molar-refractivity contribution in [2.24, 2.45) is 23.7 Å². The molecule has 0 aliphatic carbocycles. The number of hydrogen-bond donors (Lipinski definition) is 4. The Morgan fingerprint density at radius 2 is 1.76 bits per heavy atom. The minimum absolute atomic E-state index is 0.0802. The van der Waals surface area contributed by atoms with Crippen molar-refractivity contribution in [1.82, 2.24) is 4.90 Å². The number of aliphatic hydroxyl groups is 4. The highest BCUT2D eigenvalue weighted by Crippen LogP contribution is 2.32. The van der Waals surface area contributed by atoms with Gasteiger partial charge < -0.3 is 44.3 Å². The molecule has 2 aliphatic rings. The van der Waals surface area contributed by atoms with Crippen LogP contribution >= 0.6 is 0 Å². The van der Waals surface area contributed by atoms with Crippen LogP contribution in [-0.2, 0) is 28.6 Å². The van der Waals surface area contributed by atoms with Gasteiger partial charge in [0, 0.05) is 23.7 Å². The van der Waals surface area contributed by atoms with E-state index in [1.165, 1.54) is 6.08 Å². The molecule has 0 amide bonds. The number of esters is 1. The molecule has 1 unspecified atom stereocenters. The second-order valence-corrected chi connectivity index (χ2v) is 11.7. The lowest BCUT2D eigenvalue weighted by molar-refractivity contribution is -0.302. The number of carbonyl (C=O) groups excluding carboxylic acids is 3. The van der Waals surface area contributed by atoms with E-state index in [0.29, 0.717) is 18.3 Å². The molecular weight excluding hydrogens is 534 g/mol. The number of ketones is 1. The van der Waals surface area contributed by atoms with Crippen LogP contribution in [0.5, 0.6) is 0 Å². The maximum Gasteiger partial charge on any atom is 0.308 e. The van der Waals surface area contributed by atoms with Crippen LogP contribution in [0.3, 0.4) is 0 Å². The number of hydrogen-bond acceptors (Lipinski definition) is 11. The zero-order valence-electron chi connectivity index (χ0n) is 25.3. The quantitative estimate of drug-likeness (QED) is 0.261. The number of aliphatic hydroxyl groups excluding tert-OH is 4. The van der Waals surface area contributed by atoms with Gasteiger partial charge >= 0.3 is 5.97 Å². The number of nitrogens with zero attached hydrogens (tertiary/aromatic N) is 1. The molecule has 2 heterocycles. The molecule has 1 saturated heterocycles. The molecule has 11 heteroatoms. The second-order valence-electron chi connectivity index (χ2n) is 11.7. The third kappa shape index (κ3) is 9.25. The van der Waals surface area contributed by atoms with Crippen LogP contribution in [0.15, 0.2) is 23.8 Å². The number of aldehydes is 1. The van der Waals surface area contributed by atoms with Crippen LogP contribution in [0.25, 0.3) is 0 Å². The highest BCUT2D eigenvalue weighted by Gasteiger charge is 2.47. The molecule has 2 aliphatic heterocycles. The van der Waals surface area contributed by atoms with Gasteiger partial charge in [-0.1, -0.05) is 38.5 Å².